The molecule has 26 heavy (non-hydrogen) atoms. The van der Waals surface area contributed by atoms with Gasteiger partial charge in [-0.2, -0.15) is 0 Å². The van der Waals surface area contributed by atoms with Gasteiger partial charge < -0.3 is 15.4 Å². The van der Waals surface area contributed by atoms with Gasteiger partial charge >= 0.3 is 6.36 Å². The zero-order valence-corrected chi connectivity index (χ0v) is 13.6. The second kappa shape index (κ2) is 6.81. The number of nitrogen functional groups attached to an aromatic ring is 1. The zero-order chi connectivity index (χ0) is 18.9. The quantitative estimate of drug-likeness (QED) is 0.492. The summed E-state index contributed by atoms with van der Waals surface area (Å²) in [5.74, 6) is 0.0502. The van der Waals surface area contributed by atoms with Gasteiger partial charge in [0.25, 0.3) is 0 Å². The van der Waals surface area contributed by atoms with Crippen molar-refractivity contribution in [2.45, 2.75) is 19.0 Å². The van der Waals surface area contributed by atoms with Crippen LogP contribution >= 0.6 is 0 Å². The van der Waals surface area contributed by atoms with E-state index in [4.69, 9.17) is 11.1 Å². The van der Waals surface area contributed by atoms with Crippen LogP contribution in [-0.2, 0) is 0 Å². The summed E-state index contributed by atoms with van der Waals surface area (Å²) in [6, 6.07) is 6.55. The highest BCUT2D eigenvalue weighted by molar-refractivity contribution is 6.14. The molecule has 0 saturated carbocycles. The van der Waals surface area contributed by atoms with Gasteiger partial charge in [-0.05, 0) is 36.8 Å². The molecule has 0 spiro atoms. The van der Waals surface area contributed by atoms with Gasteiger partial charge in [-0.3, -0.25) is 5.41 Å². The number of hydrogen-bond donors (Lipinski definition) is 2. The molecule has 1 aliphatic heterocycles. The Morgan fingerprint density at radius 1 is 1.27 bits per heavy atom. The first-order chi connectivity index (χ1) is 12.2. The minimum absolute atomic E-state index is 0.0743. The van der Waals surface area contributed by atoms with Crippen LogP contribution in [0.3, 0.4) is 0 Å². The fraction of sp³-hybridized carbons (Fsp3) is 0.294. The maximum atomic E-state index is 13.4. The van der Waals surface area contributed by atoms with Gasteiger partial charge in [-0.25, -0.2) is 9.37 Å². The third-order valence-corrected chi connectivity index (χ3v) is 4.02. The molecule has 2 heterocycles. The first-order valence-corrected chi connectivity index (χ1v) is 7.82. The zero-order valence-electron chi connectivity index (χ0n) is 13.6. The smallest absolute Gasteiger partial charge is 0.406 e. The van der Waals surface area contributed by atoms with E-state index in [0.29, 0.717) is 24.3 Å². The Labute approximate surface area is 146 Å². The topological polar surface area (TPSA) is 75.2 Å². The third kappa shape index (κ3) is 4.04. The lowest BCUT2D eigenvalue weighted by Crippen LogP contribution is -2.21. The van der Waals surface area contributed by atoms with Gasteiger partial charge in [0, 0.05) is 29.6 Å². The number of aromatic nitrogens is 1. The number of hydrogen-bond acceptors (Lipinski definition) is 5. The number of benzene rings is 1. The average molecular weight is 368 g/mol. The molecule has 0 bridgehead atoms. The molecule has 1 fully saturated rings. The van der Waals surface area contributed by atoms with E-state index in [1.807, 2.05) is 0 Å². The number of nitrogens with two attached hydrogens (primary N) is 1. The number of ether oxygens (including phenoxy) is 1. The summed E-state index contributed by atoms with van der Waals surface area (Å²) >= 11 is 0. The van der Waals surface area contributed by atoms with Gasteiger partial charge in [0.1, 0.15) is 17.7 Å². The van der Waals surface area contributed by atoms with E-state index in [9.17, 15) is 17.6 Å². The lowest BCUT2D eigenvalue weighted by molar-refractivity contribution is -0.274. The lowest BCUT2D eigenvalue weighted by atomic mass is 10.0. The predicted molar refractivity (Wildman–Crippen MR) is 89.4 cm³/mol. The molecular formula is C17H16F4N4O. The Morgan fingerprint density at radius 2 is 2.04 bits per heavy atom. The fourth-order valence-corrected chi connectivity index (χ4v) is 2.78. The van der Waals surface area contributed by atoms with Crippen LogP contribution < -0.4 is 15.4 Å². The van der Waals surface area contributed by atoms with Crippen molar-refractivity contribution in [3.63, 3.8) is 0 Å². The summed E-state index contributed by atoms with van der Waals surface area (Å²) in [7, 11) is 0. The number of anilines is 2. The molecule has 3 rings (SSSR count). The molecule has 138 valence electrons. The molecule has 3 N–H and O–H groups in total. The van der Waals surface area contributed by atoms with Gasteiger partial charge in [0.15, 0.2) is 0 Å². The van der Waals surface area contributed by atoms with Crippen molar-refractivity contribution in [1.29, 1.82) is 5.41 Å². The minimum atomic E-state index is -4.84. The second-order valence-corrected chi connectivity index (χ2v) is 5.91. The molecule has 1 atom stereocenters. The Kier molecular flexibility index (Phi) is 4.71. The lowest BCUT2D eigenvalue weighted by Gasteiger charge is -2.17. The largest absolute Gasteiger partial charge is 0.573 e. The number of nitrogens with zero attached hydrogens (tertiary/aromatic N) is 2. The van der Waals surface area contributed by atoms with Crippen LogP contribution in [0.25, 0.3) is 0 Å². The van der Waals surface area contributed by atoms with Gasteiger partial charge in [0.2, 0.25) is 0 Å². The maximum absolute atomic E-state index is 13.4. The molecule has 1 aromatic heterocycles. The molecule has 0 aliphatic carbocycles. The molecule has 2 aromatic rings. The summed E-state index contributed by atoms with van der Waals surface area (Å²) in [5, 5.41) is 8.31. The molecule has 0 amide bonds. The average Bonchev–Trinajstić information content (AvgIpc) is 3.01. The van der Waals surface area contributed by atoms with Crippen molar-refractivity contribution in [1.82, 2.24) is 4.98 Å². The van der Waals surface area contributed by atoms with Crippen molar-refractivity contribution in [2.24, 2.45) is 0 Å². The minimum Gasteiger partial charge on any atom is -0.406 e. The van der Waals surface area contributed by atoms with E-state index in [1.165, 1.54) is 12.3 Å². The van der Waals surface area contributed by atoms with Crippen molar-refractivity contribution >= 4 is 17.2 Å². The number of alkyl halides is 4. The number of pyridine rings is 1. The standard InChI is InChI=1S/C17H16F4N4O/c18-11-4-6-25(9-11)15-7-10(3-5-24-15)16(23)13-8-12(1-2-14(13)22)26-17(19,20)21/h1-3,5,7-8,11,23H,4,6,9,22H2/t11-/m1/s1. The van der Waals surface area contributed by atoms with E-state index >= 15 is 0 Å². The Balaban J connectivity index is 1.88. The Hall–Kier alpha value is -2.84. The van der Waals surface area contributed by atoms with E-state index in [1.54, 1.807) is 17.0 Å². The summed E-state index contributed by atoms with van der Waals surface area (Å²) in [4.78, 5) is 5.94. The third-order valence-electron chi connectivity index (χ3n) is 4.02. The summed E-state index contributed by atoms with van der Waals surface area (Å²) in [6.45, 7) is 0.739. The van der Waals surface area contributed by atoms with Crippen molar-refractivity contribution in [3.05, 3.63) is 47.7 Å². The molecule has 9 heteroatoms. The molecule has 1 aromatic carbocycles. The summed E-state index contributed by atoms with van der Waals surface area (Å²) in [5.41, 5.74) is 6.40. The first kappa shape index (κ1) is 18.0. The maximum Gasteiger partial charge on any atom is 0.573 e. The fourth-order valence-electron chi connectivity index (χ4n) is 2.78. The molecule has 1 aliphatic rings. The molecule has 0 radical (unpaired) electrons. The number of rotatable bonds is 4. The Bertz CT molecular complexity index is 825. The normalized spacial score (nSPS) is 17.4. The van der Waals surface area contributed by atoms with Crippen molar-refractivity contribution < 1.29 is 22.3 Å². The molecule has 5 nitrogen and oxygen atoms in total. The van der Waals surface area contributed by atoms with E-state index in [-0.39, 0.29) is 23.5 Å². The van der Waals surface area contributed by atoms with Crippen LogP contribution in [0.5, 0.6) is 5.75 Å². The summed E-state index contributed by atoms with van der Waals surface area (Å²) in [6.07, 6.45) is -3.88. The van der Waals surface area contributed by atoms with Crippen LogP contribution in [0, 0.1) is 5.41 Å². The second-order valence-electron chi connectivity index (χ2n) is 5.91. The van der Waals surface area contributed by atoms with Crippen molar-refractivity contribution in [2.75, 3.05) is 23.7 Å². The van der Waals surface area contributed by atoms with Crippen LogP contribution in [0.1, 0.15) is 17.5 Å². The van der Waals surface area contributed by atoms with Crippen LogP contribution in [0.4, 0.5) is 29.1 Å². The number of halogens is 4. The van der Waals surface area contributed by atoms with E-state index in [2.05, 4.69) is 9.72 Å². The van der Waals surface area contributed by atoms with Gasteiger partial charge in [0.05, 0.1) is 12.3 Å². The SMILES string of the molecule is N=C(c1ccnc(N2CC[C@@H](F)C2)c1)c1cc(OC(F)(F)F)ccc1N. The predicted octanol–water partition coefficient (Wildman–Crippen LogP) is 3.53. The monoisotopic (exact) mass is 368 g/mol. The Morgan fingerprint density at radius 3 is 2.69 bits per heavy atom. The van der Waals surface area contributed by atoms with Crippen LogP contribution in [0.15, 0.2) is 36.5 Å². The van der Waals surface area contributed by atoms with Crippen LogP contribution in [-0.4, -0.2) is 36.3 Å². The number of nitrogens with one attached hydrogen (secondary N) is 1. The van der Waals surface area contributed by atoms with Crippen molar-refractivity contribution in [3.8, 4) is 5.75 Å². The van der Waals surface area contributed by atoms with Gasteiger partial charge in [-0.15, -0.1) is 13.2 Å². The summed E-state index contributed by atoms with van der Waals surface area (Å²) < 4.78 is 54.5. The highest BCUT2D eigenvalue weighted by atomic mass is 19.4. The van der Waals surface area contributed by atoms with E-state index in [0.717, 1.165) is 12.1 Å². The highest BCUT2D eigenvalue weighted by Gasteiger charge is 2.31. The first-order valence-electron chi connectivity index (χ1n) is 7.82. The van der Waals surface area contributed by atoms with Crippen LogP contribution in [0.2, 0.25) is 0 Å². The molecular weight excluding hydrogens is 352 g/mol. The highest BCUT2D eigenvalue weighted by Crippen LogP contribution is 2.28. The molecule has 0 unspecified atom stereocenters. The van der Waals surface area contributed by atoms with Gasteiger partial charge in [-0.1, -0.05) is 0 Å². The van der Waals surface area contributed by atoms with E-state index < -0.39 is 18.3 Å². The molecule has 1 saturated heterocycles.